The molecule has 0 amide bonds. The molecule has 0 bridgehead atoms. The molecule has 6 aromatic rings. The summed E-state index contributed by atoms with van der Waals surface area (Å²) in [7, 11) is 0. The maximum Gasteiger partial charge on any atom is 0.247 e. The predicted molar refractivity (Wildman–Crippen MR) is 137 cm³/mol. The van der Waals surface area contributed by atoms with Gasteiger partial charge in [-0.05, 0) is 34.2 Å². The van der Waals surface area contributed by atoms with Crippen LogP contribution in [0.3, 0.4) is 0 Å². The molecule has 2 heteroatoms. The minimum atomic E-state index is 0.183. The maximum atomic E-state index is 2.47. The van der Waals surface area contributed by atoms with Gasteiger partial charge in [0, 0.05) is 22.0 Å². The average Bonchev–Trinajstić information content (AvgIpc) is 3.21. The highest BCUT2D eigenvalue weighted by Crippen LogP contribution is 2.33. The van der Waals surface area contributed by atoms with Gasteiger partial charge in [-0.25, -0.2) is 0 Å². The molecular weight excluding hydrogens is 385 g/mol. The molecule has 1 nitrogen and oxygen atoms in total. The molecule has 0 atom stereocenters. The second-order valence-corrected chi connectivity index (χ2v) is 8.54. The number of hydrogen-bond donors (Lipinski definition) is 0. The Balaban J connectivity index is 1.63. The normalized spacial score (nSPS) is 12.3. The quantitative estimate of drug-likeness (QED) is 0.345. The third kappa shape index (κ3) is 2.35. The highest BCUT2D eigenvalue weighted by atomic mass is 15.0. The fourth-order valence-corrected chi connectivity index (χ4v) is 5.60. The van der Waals surface area contributed by atoms with Gasteiger partial charge in [-0.2, -0.15) is 0 Å². The first kappa shape index (κ1) is 17.6. The van der Waals surface area contributed by atoms with Crippen LogP contribution >= 0.6 is 0 Å². The molecule has 0 saturated carbocycles. The molecule has 1 aliphatic heterocycles. The van der Waals surface area contributed by atoms with Gasteiger partial charge in [-0.15, -0.1) is 0 Å². The molecule has 32 heavy (non-hydrogen) atoms. The van der Waals surface area contributed by atoms with Crippen molar-refractivity contribution in [2.24, 2.45) is 0 Å². The lowest BCUT2D eigenvalue weighted by atomic mass is 9.34. The summed E-state index contributed by atoms with van der Waals surface area (Å²) in [6.07, 6.45) is 0. The van der Waals surface area contributed by atoms with Crippen LogP contribution in [-0.4, -0.2) is 11.3 Å². The summed E-state index contributed by atoms with van der Waals surface area (Å²) >= 11 is 0. The van der Waals surface area contributed by atoms with Crippen LogP contribution in [0.25, 0.3) is 38.6 Å². The maximum absolute atomic E-state index is 2.47. The SMILES string of the molecule is c1ccc(-c2ccccc2B2c3ccccc3-n3c4ccccc4c4cccc2c43)cc1. The average molecular weight is 405 g/mol. The Hall–Kier alpha value is -4.04. The van der Waals surface area contributed by atoms with E-state index in [0.29, 0.717) is 0 Å². The number of rotatable bonds is 2. The molecule has 5 aromatic carbocycles. The van der Waals surface area contributed by atoms with E-state index in [9.17, 15) is 0 Å². The first-order chi connectivity index (χ1) is 15.9. The van der Waals surface area contributed by atoms with Crippen molar-refractivity contribution in [3.05, 3.63) is 121 Å². The molecule has 0 saturated heterocycles. The minimum absolute atomic E-state index is 0.183. The molecule has 1 aromatic heterocycles. The summed E-state index contributed by atoms with van der Waals surface area (Å²) in [6.45, 7) is 0.183. The number of benzene rings is 5. The number of para-hydroxylation sites is 3. The van der Waals surface area contributed by atoms with Crippen LogP contribution in [0.5, 0.6) is 0 Å². The van der Waals surface area contributed by atoms with Crippen molar-refractivity contribution in [2.75, 3.05) is 0 Å². The van der Waals surface area contributed by atoms with Crippen molar-refractivity contribution in [3.63, 3.8) is 0 Å². The van der Waals surface area contributed by atoms with E-state index in [1.165, 1.54) is 55.0 Å². The number of hydrogen-bond acceptors (Lipinski definition) is 0. The van der Waals surface area contributed by atoms with Crippen molar-refractivity contribution in [1.82, 2.24) is 4.57 Å². The van der Waals surface area contributed by atoms with Crippen LogP contribution < -0.4 is 16.4 Å². The molecule has 0 N–H and O–H groups in total. The summed E-state index contributed by atoms with van der Waals surface area (Å²) in [5, 5.41) is 2.64. The fraction of sp³-hybridized carbons (Fsp3) is 0. The van der Waals surface area contributed by atoms with Crippen molar-refractivity contribution in [1.29, 1.82) is 0 Å². The van der Waals surface area contributed by atoms with Crippen molar-refractivity contribution >= 4 is 44.9 Å². The lowest BCUT2D eigenvalue weighted by Crippen LogP contribution is -2.56. The van der Waals surface area contributed by atoms with Crippen LogP contribution in [-0.2, 0) is 0 Å². The molecule has 0 fully saturated rings. The summed E-state index contributed by atoms with van der Waals surface area (Å²) in [6, 6.07) is 44.2. The molecule has 0 aliphatic carbocycles. The lowest BCUT2D eigenvalue weighted by Gasteiger charge is -2.28. The van der Waals surface area contributed by atoms with Crippen molar-refractivity contribution < 1.29 is 0 Å². The molecule has 7 rings (SSSR count). The van der Waals surface area contributed by atoms with Gasteiger partial charge in [0.25, 0.3) is 0 Å². The molecule has 2 heterocycles. The van der Waals surface area contributed by atoms with Crippen LogP contribution in [0.2, 0.25) is 0 Å². The van der Waals surface area contributed by atoms with Gasteiger partial charge in [0.15, 0.2) is 0 Å². The Bertz CT molecular complexity index is 1630. The largest absolute Gasteiger partial charge is 0.310 e. The summed E-state index contributed by atoms with van der Waals surface area (Å²) in [5.41, 5.74) is 10.5. The molecule has 0 unspecified atom stereocenters. The number of nitrogens with zero attached hydrogens (tertiary/aromatic N) is 1. The summed E-state index contributed by atoms with van der Waals surface area (Å²) in [5.74, 6) is 0. The molecule has 148 valence electrons. The Morgan fingerprint density at radius 3 is 2.03 bits per heavy atom. The van der Waals surface area contributed by atoms with Crippen molar-refractivity contribution in [3.8, 4) is 16.8 Å². The topological polar surface area (TPSA) is 4.93 Å². The minimum Gasteiger partial charge on any atom is -0.310 e. The zero-order valence-electron chi connectivity index (χ0n) is 17.6. The highest BCUT2D eigenvalue weighted by molar-refractivity contribution is 6.98. The zero-order chi connectivity index (χ0) is 21.1. The second kappa shape index (κ2) is 6.73. The van der Waals surface area contributed by atoms with E-state index in [0.717, 1.165) is 0 Å². The van der Waals surface area contributed by atoms with Crippen LogP contribution in [0.4, 0.5) is 0 Å². The highest BCUT2D eigenvalue weighted by Gasteiger charge is 2.34. The second-order valence-electron chi connectivity index (χ2n) is 8.54. The molecule has 1 aliphatic rings. The Morgan fingerprint density at radius 2 is 1.12 bits per heavy atom. The lowest BCUT2D eigenvalue weighted by molar-refractivity contribution is 1.19. The van der Waals surface area contributed by atoms with Gasteiger partial charge < -0.3 is 4.57 Å². The first-order valence-electron chi connectivity index (χ1n) is 11.2. The number of fused-ring (bicyclic) bond motifs is 5. The van der Waals surface area contributed by atoms with E-state index in [1.54, 1.807) is 0 Å². The van der Waals surface area contributed by atoms with Crippen molar-refractivity contribution in [2.45, 2.75) is 0 Å². The van der Waals surface area contributed by atoms with Gasteiger partial charge in [-0.1, -0.05) is 115 Å². The van der Waals surface area contributed by atoms with Crippen LogP contribution in [0.1, 0.15) is 0 Å². The van der Waals surface area contributed by atoms with Gasteiger partial charge in [0.1, 0.15) is 0 Å². The standard InChI is InChI=1S/C30H20BN/c1-2-11-21(12-3-1)22-13-4-6-16-25(22)31-26-17-7-9-20-29(26)32-28-19-8-5-14-23(28)24-15-10-18-27(31)30(24)32/h1-20H. The predicted octanol–water partition coefficient (Wildman–Crippen LogP) is 5.28. The zero-order valence-corrected chi connectivity index (χ0v) is 17.6. The van der Waals surface area contributed by atoms with E-state index >= 15 is 0 Å². The molecular formula is C30H20BN. The molecule has 0 spiro atoms. The van der Waals surface area contributed by atoms with E-state index < -0.39 is 0 Å². The smallest absolute Gasteiger partial charge is 0.247 e. The Kier molecular flexibility index (Phi) is 3.71. The van der Waals surface area contributed by atoms with Gasteiger partial charge in [0.05, 0.1) is 5.52 Å². The van der Waals surface area contributed by atoms with E-state index in [1.807, 2.05) is 0 Å². The first-order valence-corrected chi connectivity index (χ1v) is 11.2. The third-order valence-electron chi connectivity index (χ3n) is 6.88. The molecule has 0 radical (unpaired) electrons. The van der Waals surface area contributed by atoms with E-state index in [2.05, 4.69) is 126 Å². The third-order valence-corrected chi connectivity index (χ3v) is 6.88. The number of aromatic nitrogens is 1. The van der Waals surface area contributed by atoms with E-state index in [4.69, 9.17) is 0 Å². The van der Waals surface area contributed by atoms with Gasteiger partial charge >= 0.3 is 0 Å². The van der Waals surface area contributed by atoms with E-state index in [-0.39, 0.29) is 6.71 Å². The Labute approximate surface area is 187 Å². The summed E-state index contributed by atoms with van der Waals surface area (Å²) < 4.78 is 2.47. The van der Waals surface area contributed by atoms with Gasteiger partial charge in [0.2, 0.25) is 6.71 Å². The van der Waals surface area contributed by atoms with Crippen LogP contribution in [0, 0.1) is 0 Å². The Morgan fingerprint density at radius 1 is 0.469 bits per heavy atom. The van der Waals surface area contributed by atoms with Gasteiger partial charge in [-0.3, -0.25) is 0 Å². The fourth-order valence-electron chi connectivity index (χ4n) is 5.60. The summed E-state index contributed by atoms with van der Waals surface area (Å²) in [4.78, 5) is 0. The monoisotopic (exact) mass is 405 g/mol. The van der Waals surface area contributed by atoms with Crippen LogP contribution in [0.15, 0.2) is 121 Å².